The molecule has 102 valence electrons. The second-order valence-electron chi connectivity index (χ2n) is 4.99. The number of likely N-dealkylation sites (N-methyl/N-ethyl adjacent to an activating group) is 1. The van der Waals surface area contributed by atoms with Crippen molar-refractivity contribution in [2.24, 2.45) is 0 Å². The second-order valence-corrected chi connectivity index (χ2v) is 4.99. The molecule has 0 aliphatic carbocycles. The summed E-state index contributed by atoms with van der Waals surface area (Å²) < 4.78 is 0. The maximum atomic E-state index is 3.41. The minimum atomic E-state index is 0. The summed E-state index contributed by atoms with van der Waals surface area (Å²) in [6, 6.07) is 9.53. The first-order valence-corrected chi connectivity index (χ1v) is 6.80. The number of aryl methyl sites for hydroxylation is 1. The van der Waals surface area contributed by atoms with E-state index in [0.717, 1.165) is 13.0 Å². The Morgan fingerprint density at radius 2 is 2.00 bits per heavy atom. The van der Waals surface area contributed by atoms with Gasteiger partial charge in [0.15, 0.2) is 0 Å². The van der Waals surface area contributed by atoms with Crippen LogP contribution in [0.15, 0.2) is 24.3 Å². The van der Waals surface area contributed by atoms with Gasteiger partial charge in [0.25, 0.3) is 0 Å². The highest BCUT2D eigenvalue weighted by molar-refractivity contribution is 5.85. The second kappa shape index (κ2) is 7.78. The zero-order valence-corrected chi connectivity index (χ0v) is 12.3. The predicted octanol–water partition coefficient (Wildman–Crippen LogP) is 2.85. The van der Waals surface area contributed by atoms with Gasteiger partial charge in [-0.25, -0.2) is 0 Å². The fourth-order valence-electron chi connectivity index (χ4n) is 2.73. The first-order valence-electron chi connectivity index (χ1n) is 6.80. The molecule has 1 atom stereocenters. The number of hydrogen-bond donors (Lipinski definition) is 1. The summed E-state index contributed by atoms with van der Waals surface area (Å²) >= 11 is 0. The Morgan fingerprint density at radius 3 is 2.67 bits per heavy atom. The van der Waals surface area contributed by atoms with E-state index in [2.05, 4.69) is 48.5 Å². The van der Waals surface area contributed by atoms with Gasteiger partial charge >= 0.3 is 0 Å². The molecule has 3 heteroatoms. The van der Waals surface area contributed by atoms with E-state index in [1.165, 1.54) is 37.1 Å². The number of nitrogens with zero attached hydrogens (tertiary/aromatic N) is 1. The van der Waals surface area contributed by atoms with E-state index in [1.54, 1.807) is 0 Å². The Morgan fingerprint density at radius 1 is 1.28 bits per heavy atom. The highest BCUT2D eigenvalue weighted by atomic mass is 35.5. The van der Waals surface area contributed by atoms with Crippen molar-refractivity contribution in [3.63, 3.8) is 0 Å². The maximum Gasteiger partial charge on any atom is 0.0237 e. The minimum Gasteiger partial charge on any atom is -0.316 e. The summed E-state index contributed by atoms with van der Waals surface area (Å²) in [7, 11) is 2.08. The molecule has 0 saturated carbocycles. The third-order valence-corrected chi connectivity index (χ3v) is 3.81. The fourth-order valence-corrected chi connectivity index (χ4v) is 2.73. The monoisotopic (exact) mass is 268 g/mol. The lowest BCUT2D eigenvalue weighted by atomic mass is 10.0. The van der Waals surface area contributed by atoms with E-state index in [-0.39, 0.29) is 12.4 Å². The van der Waals surface area contributed by atoms with Gasteiger partial charge in [0.05, 0.1) is 0 Å². The molecule has 2 rings (SSSR count). The normalized spacial score (nSPS) is 20.4. The summed E-state index contributed by atoms with van der Waals surface area (Å²) in [5, 5.41) is 3.41. The van der Waals surface area contributed by atoms with Gasteiger partial charge in [0.1, 0.15) is 0 Å². The molecule has 1 heterocycles. The summed E-state index contributed by atoms with van der Waals surface area (Å²) in [6.07, 6.45) is 3.78. The largest absolute Gasteiger partial charge is 0.316 e. The first kappa shape index (κ1) is 15.5. The quantitative estimate of drug-likeness (QED) is 0.903. The van der Waals surface area contributed by atoms with E-state index in [1.807, 2.05) is 0 Å². The van der Waals surface area contributed by atoms with Gasteiger partial charge in [0.2, 0.25) is 0 Å². The van der Waals surface area contributed by atoms with Crippen molar-refractivity contribution in [3.05, 3.63) is 35.4 Å². The van der Waals surface area contributed by atoms with Crippen LogP contribution < -0.4 is 5.32 Å². The Balaban J connectivity index is 0.00000162. The SMILES string of the molecule is CCc1ccccc1CN1CCCC(NC)C1.Cl. The molecule has 1 fully saturated rings. The number of piperidine rings is 1. The molecule has 1 aliphatic rings. The molecule has 2 nitrogen and oxygen atoms in total. The average Bonchev–Trinajstić information content (AvgIpc) is 2.39. The average molecular weight is 269 g/mol. The van der Waals surface area contributed by atoms with E-state index in [0.29, 0.717) is 6.04 Å². The van der Waals surface area contributed by atoms with E-state index in [9.17, 15) is 0 Å². The number of hydrogen-bond acceptors (Lipinski definition) is 2. The van der Waals surface area contributed by atoms with Gasteiger partial charge < -0.3 is 5.32 Å². The molecule has 1 unspecified atom stereocenters. The van der Waals surface area contributed by atoms with Crippen molar-refractivity contribution in [2.75, 3.05) is 20.1 Å². The Kier molecular flexibility index (Phi) is 6.69. The van der Waals surface area contributed by atoms with Crippen LogP contribution in [0.2, 0.25) is 0 Å². The van der Waals surface area contributed by atoms with E-state index < -0.39 is 0 Å². The van der Waals surface area contributed by atoms with Gasteiger partial charge in [-0.1, -0.05) is 31.2 Å². The molecule has 0 spiro atoms. The maximum absolute atomic E-state index is 3.41. The third-order valence-electron chi connectivity index (χ3n) is 3.81. The van der Waals surface area contributed by atoms with Gasteiger partial charge in [-0.15, -0.1) is 12.4 Å². The van der Waals surface area contributed by atoms with Crippen molar-refractivity contribution < 1.29 is 0 Å². The first-order chi connectivity index (χ1) is 8.33. The van der Waals surface area contributed by atoms with E-state index >= 15 is 0 Å². The van der Waals surface area contributed by atoms with Crippen LogP contribution in [0.25, 0.3) is 0 Å². The minimum absolute atomic E-state index is 0. The highest BCUT2D eigenvalue weighted by Gasteiger charge is 2.18. The topological polar surface area (TPSA) is 15.3 Å². The van der Waals surface area contributed by atoms with Crippen LogP contribution in [0, 0.1) is 0 Å². The van der Waals surface area contributed by atoms with Crippen molar-refractivity contribution in [2.45, 2.75) is 38.8 Å². The molecule has 0 amide bonds. The Labute approximate surface area is 117 Å². The lowest BCUT2D eigenvalue weighted by Gasteiger charge is -2.33. The lowest BCUT2D eigenvalue weighted by Crippen LogP contribution is -2.43. The van der Waals surface area contributed by atoms with Crippen LogP contribution in [0.3, 0.4) is 0 Å². The van der Waals surface area contributed by atoms with Gasteiger partial charge in [-0.05, 0) is 44.0 Å². The van der Waals surface area contributed by atoms with Crippen LogP contribution in [0.4, 0.5) is 0 Å². The lowest BCUT2D eigenvalue weighted by molar-refractivity contribution is 0.187. The van der Waals surface area contributed by atoms with Gasteiger partial charge in [0, 0.05) is 19.1 Å². The molecule has 1 saturated heterocycles. The molecular formula is C15H25ClN2. The summed E-state index contributed by atoms with van der Waals surface area (Å²) in [5.41, 5.74) is 3.01. The van der Waals surface area contributed by atoms with Gasteiger partial charge in [-0.2, -0.15) is 0 Å². The zero-order valence-electron chi connectivity index (χ0n) is 11.5. The molecule has 1 N–H and O–H groups in total. The van der Waals surface area contributed by atoms with Crippen molar-refractivity contribution in [1.29, 1.82) is 0 Å². The van der Waals surface area contributed by atoms with E-state index in [4.69, 9.17) is 0 Å². The number of nitrogens with one attached hydrogen (secondary N) is 1. The van der Waals surface area contributed by atoms with Crippen LogP contribution in [-0.2, 0) is 13.0 Å². The van der Waals surface area contributed by atoms with Crippen molar-refractivity contribution >= 4 is 12.4 Å². The molecule has 1 aromatic carbocycles. The summed E-state index contributed by atoms with van der Waals surface area (Å²) in [4.78, 5) is 2.58. The summed E-state index contributed by atoms with van der Waals surface area (Å²) in [5.74, 6) is 0. The number of rotatable bonds is 4. The van der Waals surface area contributed by atoms with Crippen molar-refractivity contribution in [3.8, 4) is 0 Å². The fraction of sp³-hybridized carbons (Fsp3) is 0.600. The zero-order chi connectivity index (χ0) is 12.1. The van der Waals surface area contributed by atoms with Crippen LogP contribution in [0.1, 0.15) is 30.9 Å². The Hall–Kier alpha value is -0.570. The van der Waals surface area contributed by atoms with Gasteiger partial charge in [-0.3, -0.25) is 4.90 Å². The van der Waals surface area contributed by atoms with Crippen molar-refractivity contribution in [1.82, 2.24) is 10.2 Å². The predicted molar refractivity (Wildman–Crippen MR) is 80.4 cm³/mol. The van der Waals surface area contributed by atoms with Crippen LogP contribution in [0.5, 0.6) is 0 Å². The molecule has 1 aromatic rings. The van der Waals surface area contributed by atoms with Crippen LogP contribution in [-0.4, -0.2) is 31.1 Å². The number of likely N-dealkylation sites (tertiary alicyclic amines) is 1. The number of halogens is 1. The van der Waals surface area contributed by atoms with Crippen LogP contribution >= 0.6 is 12.4 Å². The highest BCUT2D eigenvalue weighted by Crippen LogP contribution is 2.16. The molecule has 18 heavy (non-hydrogen) atoms. The standard InChI is InChI=1S/C15H24N2.ClH/c1-3-13-7-4-5-8-14(13)11-17-10-6-9-15(12-17)16-2;/h4-5,7-8,15-16H,3,6,9-12H2,1-2H3;1H. The smallest absolute Gasteiger partial charge is 0.0237 e. The number of benzene rings is 1. The molecule has 1 aliphatic heterocycles. The molecular weight excluding hydrogens is 244 g/mol. The molecule has 0 aromatic heterocycles. The third kappa shape index (κ3) is 3.98. The summed E-state index contributed by atoms with van der Waals surface area (Å²) in [6.45, 7) is 5.79. The Bertz CT molecular complexity index is 354. The molecule has 0 radical (unpaired) electrons. The molecule has 0 bridgehead atoms.